The molecule has 0 spiro atoms. The normalized spacial score (nSPS) is 17.6. The van der Waals surface area contributed by atoms with E-state index in [4.69, 9.17) is 0 Å². The van der Waals surface area contributed by atoms with E-state index >= 15 is 0 Å². The fourth-order valence-corrected chi connectivity index (χ4v) is 0.677. The molecule has 0 saturated heterocycles. The molecule has 0 N–H and O–H groups in total. The Morgan fingerprint density at radius 1 is 1.71 bits per heavy atom. The van der Waals surface area contributed by atoms with Gasteiger partial charge in [-0.25, -0.2) is 0 Å². The summed E-state index contributed by atoms with van der Waals surface area (Å²) in [5.74, 6) is 0. The smallest absolute Gasteiger partial charge is 0.0133 e. The van der Waals surface area contributed by atoms with Gasteiger partial charge in [-0.15, -0.1) is 0 Å². The molecule has 0 bridgehead atoms. The van der Waals surface area contributed by atoms with E-state index in [1.165, 1.54) is 5.57 Å². The molecule has 7 heavy (non-hydrogen) atoms. The lowest BCUT2D eigenvalue weighted by molar-refractivity contribution is 1.13. The monoisotopic (exact) mass is 93.1 g/mol. The summed E-state index contributed by atoms with van der Waals surface area (Å²) in [6.07, 6.45) is 8.46. The second kappa shape index (κ2) is 1.97. The second-order valence-electron chi connectivity index (χ2n) is 1.71. The number of hydrogen-bond donors (Lipinski definition) is 0. The molecule has 0 atom stereocenters. The maximum atomic E-state index is 3.76. The van der Waals surface area contributed by atoms with Crippen molar-refractivity contribution >= 4 is 0 Å². The summed E-state index contributed by atoms with van der Waals surface area (Å²) in [6, 6.07) is 0. The van der Waals surface area contributed by atoms with Gasteiger partial charge in [0, 0.05) is 0 Å². The molecule has 0 aromatic carbocycles. The van der Waals surface area contributed by atoms with Crippen LogP contribution in [0.25, 0.3) is 0 Å². The van der Waals surface area contributed by atoms with Crippen LogP contribution in [0.2, 0.25) is 0 Å². The predicted octanol–water partition coefficient (Wildman–Crippen LogP) is 2.10. The van der Waals surface area contributed by atoms with E-state index in [1.807, 2.05) is 0 Å². The standard InChI is InChI=1S/C7H9/c1-2-7-5-3-4-6-7/h3-5H,1-2,6H2. The Morgan fingerprint density at radius 3 is 2.86 bits per heavy atom. The molecule has 0 aliphatic heterocycles. The molecule has 1 aliphatic carbocycles. The fraction of sp³-hybridized carbons (Fsp3) is 0.286. The Balaban J connectivity index is 2.45. The zero-order valence-corrected chi connectivity index (χ0v) is 4.35. The number of allylic oxidation sites excluding steroid dienone is 4. The highest BCUT2D eigenvalue weighted by atomic mass is 14.0. The Bertz CT molecular complexity index is 107. The molecule has 37 valence electrons. The van der Waals surface area contributed by atoms with Crippen molar-refractivity contribution in [3.63, 3.8) is 0 Å². The Labute approximate surface area is 44.5 Å². The van der Waals surface area contributed by atoms with Crippen LogP contribution in [0.15, 0.2) is 23.8 Å². The summed E-state index contributed by atoms with van der Waals surface area (Å²) in [4.78, 5) is 0. The first-order valence-corrected chi connectivity index (χ1v) is 2.57. The van der Waals surface area contributed by atoms with Gasteiger partial charge in [-0.05, 0) is 19.8 Å². The predicted molar refractivity (Wildman–Crippen MR) is 31.8 cm³/mol. The highest BCUT2D eigenvalue weighted by molar-refractivity contribution is 5.22. The van der Waals surface area contributed by atoms with Gasteiger partial charge in [-0.1, -0.05) is 23.8 Å². The van der Waals surface area contributed by atoms with Gasteiger partial charge in [0.05, 0.1) is 0 Å². The Hall–Kier alpha value is -0.520. The van der Waals surface area contributed by atoms with Crippen LogP contribution in [0.5, 0.6) is 0 Å². The molecule has 1 rings (SSSR count). The highest BCUT2D eigenvalue weighted by Crippen LogP contribution is 2.12. The largest absolute Gasteiger partial charge is 0.0805 e. The van der Waals surface area contributed by atoms with Gasteiger partial charge < -0.3 is 0 Å². The SMILES string of the molecule is [CH2]CC1=CC=CC1. The third-order valence-electron chi connectivity index (χ3n) is 1.17. The van der Waals surface area contributed by atoms with Crippen LogP contribution in [0, 0.1) is 6.92 Å². The summed E-state index contributed by atoms with van der Waals surface area (Å²) >= 11 is 0. The molecule has 0 aromatic rings. The molecular weight excluding hydrogens is 84.1 g/mol. The van der Waals surface area contributed by atoms with Crippen LogP contribution in [-0.2, 0) is 0 Å². The number of rotatable bonds is 1. The zero-order chi connectivity index (χ0) is 5.11. The average molecular weight is 93.1 g/mol. The van der Waals surface area contributed by atoms with Crippen LogP contribution in [-0.4, -0.2) is 0 Å². The van der Waals surface area contributed by atoms with E-state index in [2.05, 4.69) is 25.2 Å². The quantitative estimate of drug-likeness (QED) is 0.465. The summed E-state index contributed by atoms with van der Waals surface area (Å²) in [5.41, 5.74) is 1.44. The molecule has 0 amide bonds. The third kappa shape index (κ3) is 0.923. The molecule has 1 radical (unpaired) electrons. The van der Waals surface area contributed by atoms with Crippen molar-refractivity contribution in [2.45, 2.75) is 12.8 Å². The van der Waals surface area contributed by atoms with Gasteiger partial charge in [-0.2, -0.15) is 0 Å². The molecule has 0 nitrogen and oxygen atoms in total. The molecule has 0 heterocycles. The van der Waals surface area contributed by atoms with Gasteiger partial charge in [-0.3, -0.25) is 0 Å². The van der Waals surface area contributed by atoms with Crippen LogP contribution < -0.4 is 0 Å². The van der Waals surface area contributed by atoms with E-state index < -0.39 is 0 Å². The van der Waals surface area contributed by atoms with E-state index in [-0.39, 0.29) is 0 Å². The molecule has 0 saturated carbocycles. The van der Waals surface area contributed by atoms with Crippen LogP contribution in [0.1, 0.15) is 12.8 Å². The van der Waals surface area contributed by atoms with Crippen LogP contribution in [0.3, 0.4) is 0 Å². The zero-order valence-electron chi connectivity index (χ0n) is 4.35. The molecular formula is C7H9. The van der Waals surface area contributed by atoms with Crippen LogP contribution in [0.4, 0.5) is 0 Å². The summed E-state index contributed by atoms with van der Waals surface area (Å²) in [6.45, 7) is 3.76. The van der Waals surface area contributed by atoms with Gasteiger partial charge in [0.15, 0.2) is 0 Å². The molecule has 0 aromatic heterocycles. The van der Waals surface area contributed by atoms with Crippen molar-refractivity contribution in [3.05, 3.63) is 30.7 Å². The lowest BCUT2D eigenvalue weighted by atomic mass is 10.2. The fourth-order valence-electron chi connectivity index (χ4n) is 0.677. The first kappa shape index (κ1) is 4.63. The van der Waals surface area contributed by atoms with Crippen molar-refractivity contribution in [1.82, 2.24) is 0 Å². The number of hydrogen-bond acceptors (Lipinski definition) is 0. The van der Waals surface area contributed by atoms with Gasteiger partial charge in [0.2, 0.25) is 0 Å². The third-order valence-corrected chi connectivity index (χ3v) is 1.17. The molecule has 0 heteroatoms. The Kier molecular flexibility index (Phi) is 1.30. The summed E-state index contributed by atoms with van der Waals surface area (Å²) in [7, 11) is 0. The highest BCUT2D eigenvalue weighted by Gasteiger charge is 1.92. The van der Waals surface area contributed by atoms with E-state index in [1.54, 1.807) is 0 Å². The van der Waals surface area contributed by atoms with Gasteiger partial charge in [0.1, 0.15) is 0 Å². The maximum absolute atomic E-state index is 3.76. The Morgan fingerprint density at radius 2 is 2.57 bits per heavy atom. The van der Waals surface area contributed by atoms with E-state index in [9.17, 15) is 0 Å². The minimum Gasteiger partial charge on any atom is -0.0805 e. The maximum Gasteiger partial charge on any atom is -0.0133 e. The van der Waals surface area contributed by atoms with Gasteiger partial charge in [0.25, 0.3) is 0 Å². The van der Waals surface area contributed by atoms with Gasteiger partial charge >= 0.3 is 0 Å². The van der Waals surface area contributed by atoms with E-state index in [0.29, 0.717) is 0 Å². The van der Waals surface area contributed by atoms with Crippen molar-refractivity contribution in [2.75, 3.05) is 0 Å². The minimum absolute atomic E-state index is 0.965. The topological polar surface area (TPSA) is 0 Å². The van der Waals surface area contributed by atoms with Crippen molar-refractivity contribution < 1.29 is 0 Å². The average Bonchev–Trinajstić information content (AvgIpc) is 2.14. The molecule has 0 fully saturated rings. The minimum atomic E-state index is 0.965. The van der Waals surface area contributed by atoms with Crippen molar-refractivity contribution in [2.24, 2.45) is 0 Å². The van der Waals surface area contributed by atoms with E-state index in [0.717, 1.165) is 12.8 Å². The molecule has 1 aliphatic rings. The van der Waals surface area contributed by atoms with Crippen molar-refractivity contribution in [1.29, 1.82) is 0 Å². The van der Waals surface area contributed by atoms with Crippen molar-refractivity contribution in [3.8, 4) is 0 Å². The summed E-state index contributed by atoms with van der Waals surface area (Å²) < 4.78 is 0. The lowest BCUT2D eigenvalue weighted by Gasteiger charge is -1.88. The van der Waals surface area contributed by atoms with Crippen LogP contribution >= 0.6 is 0 Å². The first-order valence-electron chi connectivity index (χ1n) is 2.57. The lowest BCUT2D eigenvalue weighted by Crippen LogP contribution is -1.69. The molecule has 0 unspecified atom stereocenters. The second-order valence-corrected chi connectivity index (χ2v) is 1.71. The summed E-state index contributed by atoms with van der Waals surface area (Å²) in [5, 5.41) is 0. The first-order chi connectivity index (χ1) is 3.43.